The van der Waals surface area contributed by atoms with Gasteiger partial charge in [0.1, 0.15) is 17.8 Å². The van der Waals surface area contributed by atoms with Crippen molar-refractivity contribution in [3.63, 3.8) is 0 Å². The second kappa shape index (κ2) is 9.75. The average Bonchev–Trinajstić information content (AvgIpc) is 2.87. The van der Waals surface area contributed by atoms with E-state index in [0.29, 0.717) is 54.8 Å². The van der Waals surface area contributed by atoms with Crippen LogP contribution in [-0.2, 0) is 0 Å². The van der Waals surface area contributed by atoms with Crippen molar-refractivity contribution >= 4 is 34.0 Å². The van der Waals surface area contributed by atoms with Gasteiger partial charge in [0.15, 0.2) is 0 Å². The van der Waals surface area contributed by atoms with Crippen LogP contribution < -0.4 is 15.1 Å². The summed E-state index contributed by atoms with van der Waals surface area (Å²) >= 11 is 0. The Kier molecular flexibility index (Phi) is 6.63. The number of fused-ring (bicyclic) bond motifs is 1. The molecule has 4 atom stereocenters. The smallest absolute Gasteiger partial charge is 0.227 e. The first-order valence-corrected chi connectivity index (χ1v) is 13.0. The topological polar surface area (TPSA) is 101 Å². The maximum atomic E-state index is 14.4. The van der Waals surface area contributed by atoms with Crippen molar-refractivity contribution in [3.05, 3.63) is 42.2 Å². The molecule has 5 rings (SSSR count). The SMILES string of the molecule is CC(C)c1ccc(N2C[C@H](CC#N)[C@H]2C)c2cnc(Nc3ccnc(N4CC[C@@](C)(O)[C@@H](F)C4)n3)cc12. The number of piperidine rings is 1. The van der Waals surface area contributed by atoms with Crippen LogP contribution in [0.25, 0.3) is 10.8 Å². The number of nitrogens with one attached hydrogen (secondary N) is 1. The van der Waals surface area contributed by atoms with Crippen LogP contribution in [-0.4, -0.2) is 57.5 Å². The van der Waals surface area contributed by atoms with E-state index in [4.69, 9.17) is 10.2 Å². The van der Waals surface area contributed by atoms with Gasteiger partial charge in [0.2, 0.25) is 5.95 Å². The molecule has 2 fully saturated rings. The van der Waals surface area contributed by atoms with Gasteiger partial charge in [-0.25, -0.2) is 14.4 Å². The lowest BCUT2D eigenvalue weighted by Crippen LogP contribution is -2.54. The zero-order chi connectivity index (χ0) is 26.3. The molecule has 4 heterocycles. The lowest BCUT2D eigenvalue weighted by atomic mass is 9.85. The van der Waals surface area contributed by atoms with Crippen LogP contribution in [0.1, 0.15) is 52.0 Å². The fourth-order valence-electron chi connectivity index (χ4n) is 5.31. The molecule has 37 heavy (non-hydrogen) atoms. The Labute approximate surface area is 217 Å². The molecule has 9 heteroatoms. The van der Waals surface area contributed by atoms with Crippen LogP contribution in [0.15, 0.2) is 36.7 Å². The number of nitriles is 1. The lowest BCUT2D eigenvalue weighted by molar-refractivity contribution is -0.0332. The molecule has 2 saturated heterocycles. The van der Waals surface area contributed by atoms with E-state index in [1.165, 1.54) is 12.5 Å². The summed E-state index contributed by atoms with van der Waals surface area (Å²) in [7, 11) is 0. The Morgan fingerprint density at radius 1 is 1.22 bits per heavy atom. The van der Waals surface area contributed by atoms with Gasteiger partial charge in [-0.2, -0.15) is 10.2 Å². The summed E-state index contributed by atoms with van der Waals surface area (Å²) in [4.78, 5) is 17.7. The second-order valence-electron chi connectivity index (χ2n) is 10.8. The van der Waals surface area contributed by atoms with Crippen LogP contribution in [0.4, 0.5) is 27.7 Å². The first kappa shape index (κ1) is 25.2. The number of alkyl halides is 1. The number of benzene rings is 1. The number of hydrogen-bond donors (Lipinski definition) is 2. The van der Waals surface area contributed by atoms with E-state index in [-0.39, 0.29) is 6.54 Å². The van der Waals surface area contributed by atoms with E-state index in [0.717, 1.165) is 23.0 Å². The van der Waals surface area contributed by atoms with Gasteiger partial charge in [0.25, 0.3) is 0 Å². The van der Waals surface area contributed by atoms with Gasteiger partial charge in [-0.15, -0.1) is 0 Å². The number of aromatic nitrogens is 3. The van der Waals surface area contributed by atoms with Gasteiger partial charge in [0.05, 0.1) is 18.2 Å². The third-order valence-electron chi connectivity index (χ3n) is 7.93. The number of hydrogen-bond acceptors (Lipinski definition) is 8. The summed E-state index contributed by atoms with van der Waals surface area (Å²) in [6.07, 6.45) is 3.08. The molecule has 0 spiro atoms. The minimum atomic E-state index is -1.36. The summed E-state index contributed by atoms with van der Waals surface area (Å²) in [5, 5.41) is 24.8. The number of nitrogens with zero attached hydrogens (tertiary/aromatic N) is 6. The average molecular weight is 504 g/mol. The van der Waals surface area contributed by atoms with Gasteiger partial charge in [-0.1, -0.05) is 19.9 Å². The predicted octanol–water partition coefficient (Wildman–Crippen LogP) is 4.93. The quantitative estimate of drug-likeness (QED) is 0.488. The van der Waals surface area contributed by atoms with Gasteiger partial charge in [-0.3, -0.25) is 0 Å². The van der Waals surface area contributed by atoms with Crippen molar-refractivity contribution in [2.75, 3.05) is 34.8 Å². The summed E-state index contributed by atoms with van der Waals surface area (Å²) in [5.41, 5.74) is 1.06. The molecule has 194 valence electrons. The zero-order valence-corrected chi connectivity index (χ0v) is 21.8. The van der Waals surface area contributed by atoms with E-state index in [2.05, 4.69) is 65.2 Å². The van der Waals surface area contributed by atoms with Gasteiger partial charge < -0.3 is 20.2 Å². The van der Waals surface area contributed by atoms with Gasteiger partial charge in [-0.05, 0) is 55.3 Å². The summed E-state index contributed by atoms with van der Waals surface area (Å²) in [6, 6.07) is 10.8. The first-order chi connectivity index (χ1) is 17.7. The molecule has 0 aliphatic carbocycles. The molecule has 0 saturated carbocycles. The molecular formula is C28H34FN7O. The number of aliphatic hydroxyl groups is 1. The number of halogens is 1. The van der Waals surface area contributed by atoms with Crippen LogP contribution in [0.2, 0.25) is 0 Å². The lowest BCUT2D eigenvalue weighted by Gasteiger charge is -2.48. The standard InChI is InChI=1S/C28H34FN7O/c1-17(2)20-5-6-23(36-15-19(7-10-30)18(36)3)22-14-32-26(13-21(20)22)33-25-8-11-31-27(34-25)35-12-9-28(4,37)24(29)16-35/h5-6,8,11,13-14,17-19,24,37H,7,9,12,15-16H2,1-4H3,(H,31,32,33,34)/t18-,19+,24+,28-/m1/s1. The Morgan fingerprint density at radius 3 is 2.73 bits per heavy atom. The highest BCUT2D eigenvalue weighted by Gasteiger charge is 2.39. The third-order valence-corrected chi connectivity index (χ3v) is 7.93. The highest BCUT2D eigenvalue weighted by molar-refractivity contribution is 5.98. The Balaban J connectivity index is 1.42. The Hall–Kier alpha value is -3.51. The molecule has 2 aliphatic heterocycles. The van der Waals surface area contributed by atoms with Crippen LogP contribution in [0, 0.1) is 17.2 Å². The molecule has 0 bridgehead atoms. The maximum absolute atomic E-state index is 14.4. The van der Waals surface area contributed by atoms with Crippen molar-refractivity contribution in [3.8, 4) is 6.07 Å². The molecule has 2 N–H and O–H groups in total. The molecule has 1 aromatic carbocycles. The molecule has 3 aromatic rings. The largest absolute Gasteiger partial charge is 0.387 e. The first-order valence-electron chi connectivity index (χ1n) is 13.0. The maximum Gasteiger partial charge on any atom is 0.227 e. The van der Waals surface area contributed by atoms with Crippen LogP contribution >= 0.6 is 0 Å². The predicted molar refractivity (Wildman–Crippen MR) is 144 cm³/mol. The van der Waals surface area contributed by atoms with Crippen LogP contribution in [0.3, 0.4) is 0 Å². The fraction of sp³-hybridized carbons (Fsp3) is 0.500. The number of anilines is 4. The van der Waals surface area contributed by atoms with E-state index in [1.807, 2.05) is 6.20 Å². The molecule has 2 aromatic heterocycles. The summed E-state index contributed by atoms with van der Waals surface area (Å²) < 4.78 is 14.4. The number of pyridine rings is 1. The Morgan fingerprint density at radius 2 is 2.03 bits per heavy atom. The Bertz CT molecular complexity index is 1340. The van der Waals surface area contributed by atoms with Crippen molar-refractivity contribution in [2.24, 2.45) is 5.92 Å². The molecule has 0 amide bonds. The monoisotopic (exact) mass is 503 g/mol. The molecule has 2 aliphatic rings. The van der Waals surface area contributed by atoms with E-state index in [1.54, 1.807) is 17.2 Å². The van der Waals surface area contributed by atoms with Gasteiger partial charge >= 0.3 is 0 Å². The second-order valence-corrected chi connectivity index (χ2v) is 10.8. The normalized spacial score (nSPS) is 25.7. The highest BCUT2D eigenvalue weighted by atomic mass is 19.1. The summed E-state index contributed by atoms with van der Waals surface area (Å²) in [5.74, 6) is 2.39. The van der Waals surface area contributed by atoms with E-state index >= 15 is 0 Å². The molecule has 0 unspecified atom stereocenters. The molecule has 8 nitrogen and oxygen atoms in total. The van der Waals surface area contributed by atoms with Crippen LogP contribution in [0.5, 0.6) is 0 Å². The van der Waals surface area contributed by atoms with Crippen molar-refractivity contribution in [2.45, 2.75) is 64.3 Å². The van der Waals surface area contributed by atoms with Crippen molar-refractivity contribution in [1.82, 2.24) is 15.0 Å². The van der Waals surface area contributed by atoms with E-state index < -0.39 is 11.8 Å². The fourth-order valence-corrected chi connectivity index (χ4v) is 5.31. The van der Waals surface area contributed by atoms with Gasteiger partial charge in [0, 0.05) is 54.9 Å². The van der Waals surface area contributed by atoms with E-state index in [9.17, 15) is 9.50 Å². The zero-order valence-electron chi connectivity index (χ0n) is 21.8. The molecule has 0 radical (unpaired) electrons. The van der Waals surface area contributed by atoms with Crippen molar-refractivity contribution in [1.29, 1.82) is 5.26 Å². The summed E-state index contributed by atoms with van der Waals surface area (Å²) in [6.45, 7) is 9.48. The third kappa shape index (κ3) is 4.78. The number of rotatable bonds is 6. The molecular weight excluding hydrogens is 469 g/mol. The van der Waals surface area contributed by atoms with Crippen molar-refractivity contribution < 1.29 is 9.50 Å². The minimum Gasteiger partial charge on any atom is -0.387 e. The highest BCUT2D eigenvalue weighted by Crippen LogP contribution is 2.40. The minimum absolute atomic E-state index is 0.0509.